The third kappa shape index (κ3) is 2.28. The van der Waals surface area contributed by atoms with Crippen molar-refractivity contribution in [2.45, 2.75) is 38.4 Å². The molecular formula is C14H19Br. The van der Waals surface area contributed by atoms with E-state index in [9.17, 15) is 0 Å². The molecule has 82 valence electrons. The van der Waals surface area contributed by atoms with Gasteiger partial charge in [-0.3, -0.25) is 0 Å². The van der Waals surface area contributed by atoms with Crippen LogP contribution in [0.15, 0.2) is 18.2 Å². The predicted molar refractivity (Wildman–Crippen MR) is 69.5 cm³/mol. The molecule has 1 aromatic carbocycles. The molecule has 0 radical (unpaired) electrons. The Kier molecular flexibility index (Phi) is 3.20. The summed E-state index contributed by atoms with van der Waals surface area (Å²) in [5, 5.41) is 0. The van der Waals surface area contributed by atoms with Crippen LogP contribution >= 0.6 is 15.9 Å². The Morgan fingerprint density at radius 1 is 1.40 bits per heavy atom. The fraction of sp³-hybridized carbons (Fsp3) is 0.571. The first kappa shape index (κ1) is 11.2. The van der Waals surface area contributed by atoms with E-state index >= 15 is 0 Å². The molecule has 1 saturated carbocycles. The number of aryl methyl sites for hydroxylation is 2. The Morgan fingerprint density at radius 3 is 2.73 bits per heavy atom. The highest BCUT2D eigenvalue weighted by Crippen LogP contribution is 2.53. The summed E-state index contributed by atoms with van der Waals surface area (Å²) in [6, 6.07) is 6.77. The van der Waals surface area contributed by atoms with E-state index in [1.165, 1.54) is 29.5 Å². The normalized spacial score (nSPS) is 26.4. The van der Waals surface area contributed by atoms with Gasteiger partial charge in [0, 0.05) is 4.83 Å². The zero-order valence-corrected chi connectivity index (χ0v) is 11.3. The van der Waals surface area contributed by atoms with E-state index in [1.807, 2.05) is 0 Å². The first-order chi connectivity index (χ1) is 7.13. The van der Waals surface area contributed by atoms with E-state index < -0.39 is 0 Å². The molecule has 1 aromatic rings. The number of rotatable bonds is 3. The maximum absolute atomic E-state index is 3.88. The average molecular weight is 267 g/mol. The molecule has 1 aliphatic rings. The third-order valence-corrected chi connectivity index (χ3v) is 4.78. The maximum Gasteiger partial charge on any atom is 0.0428 e. The fourth-order valence-corrected chi connectivity index (χ4v) is 3.53. The standard InChI is InChI=1S/C14H19Br/c1-4-11-8-13(11)14(15)12-7-9(2)5-6-10(12)3/h5-7,11,13-14H,4,8H2,1-3H3. The van der Waals surface area contributed by atoms with Crippen LogP contribution in [0.2, 0.25) is 0 Å². The lowest BCUT2D eigenvalue weighted by molar-refractivity contribution is 0.671. The van der Waals surface area contributed by atoms with Gasteiger partial charge in [0.25, 0.3) is 0 Å². The average Bonchev–Trinajstić information content (AvgIpc) is 3.00. The Hall–Kier alpha value is -0.300. The van der Waals surface area contributed by atoms with Crippen LogP contribution in [0, 0.1) is 25.7 Å². The van der Waals surface area contributed by atoms with Gasteiger partial charge in [-0.15, -0.1) is 0 Å². The summed E-state index contributed by atoms with van der Waals surface area (Å²) in [6.45, 7) is 6.69. The van der Waals surface area contributed by atoms with Crippen LogP contribution in [-0.2, 0) is 0 Å². The van der Waals surface area contributed by atoms with Gasteiger partial charge in [0.2, 0.25) is 0 Å². The lowest BCUT2D eigenvalue weighted by Crippen LogP contribution is -1.98. The Balaban J connectivity index is 2.18. The van der Waals surface area contributed by atoms with Crippen LogP contribution in [0.4, 0.5) is 0 Å². The van der Waals surface area contributed by atoms with Crippen LogP contribution in [0.25, 0.3) is 0 Å². The topological polar surface area (TPSA) is 0 Å². The van der Waals surface area contributed by atoms with E-state index in [1.54, 1.807) is 0 Å². The van der Waals surface area contributed by atoms with Gasteiger partial charge in [-0.2, -0.15) is 0 Å². The Labute approximate surface area is 101 Å². The molecule has 0 spiro atoms. The second kappa shape index (κ2) is 4.29. The Bertz CT molecular complexity index is 356. The van der Waals surface area contributed by atoms with Gasteiger partial charge in [-0.25, -0.2) is 0 Å². The number of benzene rings is 1. The fourth-order valence-electron chi connectivity index (χ4n) is 2.39. The van der Waals surface area contributed by atoms with Crippen molar-refractivity contribution in [1.29, 1.82) is 0 Å². The molecule has 15 heavy (non-hydrogen) atoms. The maximum atomic E-state index is 3.88. The molecule has 0 amide bonds. The van der Waals surface area contributed by atoms with Crippen molar-refractivity contribution in [1.82, 2.24) is 0 Å². The van der Waals surface area contributed by atoms with Gasteiger partial charge in [0.15, 0.2) is 0 Å². The highest BCUT2D eigenvalue weighted by atomic mass is 79.9. The van der Waals surface area contributed by atoms with Crippen molar-refractivity contribution in [3.8, 4) is 0 Å². The quantitative estimate of drug-likeness (QED) is 0.691. The first-order valence-corrected chi connectivity index (χ1v) is 6.76. The van der Waals surface area contributed by atoms with Crippen molar-refractivity contribution in [2.24, 2.45) is 11.8 Å². The zero-order chi connectivity index (χ0) is 11.0. The zero-order valence-electron chi connectivity index (χ0n) is 9.76. The molecule has 0 heterocycles. The Morgan fingerprint density at radius 2 is 2.13 bits per heavy atom. The van der Waals surface area contributed by atoms with E-state index in [4.69, 9.17) is 0 Å². The molecule has 1 fully saturated rings. The van der Waals surface area contributed by atoms with E-state index in [2.05, 4.69) is 54.9 Å². The van der Waals surface area contributed by atoms with Gasteiger partial charge in [0.1, 0.15) is 0 Å². The molecule has 0 nitrogen and oxygen atoms in total. The monoisotopic (exact) mass is 266 g/mol. The summed E-state index contributed by atoms with van der Waals surface area (Å²) in [5.41, 5.74) is 4.29. The highest BCUT2D eigenvalue weighted by molar-refractivity contribution is 9.09. The molecular weight excluding hydrogens is 248 g/mol. The molecule has 0 aliphatic heterocycles. The smallest absolute Gasteiger partial charge is 0.0428 e. The number of hydrogen-bond acceptors (Lipinski definition) is 0. The van der Waals surface area contributed by atoms with Crippen molar-refractivity contribution < 1.29 is 0 Å². The predicted octanol–water partition coefficient (Wildman–Crippen LogP) is 4.79. The summed E-state index contributed by atoms with van der Waals surface area (Å²) < 4.78 is 0. The summed E-state index contributed by atoms with van der Waals surface area (Å²) in [7, 11) is 0. The van der Waals surface area contributed by atoms with Gasteiger partial charge in [-0.05, 0) is 43.2 Å². The molecule has 1 aliphatic carbocycles. The molecule has 3 atom stereocenters. The van der Waals surface area contributed by atoms with Crippen LogP contribution in [0.3, 0.4) is 0 Å². The molecule has 2 rings (SSSR count). The minimum atomic E-state index is 0.572. The van der Waals surface area contributed by atoms with Crippen molar-refractivity contribution in [2.75, 3.05) is 0 Å². The van der Waals surface area contributed by atoms with Crippen LogP contribution in [-0.4, -0.2) is 0 Å². The summed E-state index contributed by atoms with van der Waals surface area (Å²) in [5.74, 6) is 1.82. The second-order valence-corrected chi connectivity index (χ2v) is 5.82. The molecule has 0 bridgehead atoms. The molecule has 1 heteroatoms. The van der Waals surface area contributed by atoms with Crippen LogP contribution in [0.5, 0.6) is 0 Å². The summed E-state index contributed by atoms with van der Waals surface area (Å²) >= 11 is 3.88. The van der Waals surface area contributed by atoms with E-state index in [0.29, 0.717) is 4.83 Å². The van der Waals surface area contributed by atoms with Crippen LogP contribution < -0.4 is 0 Å². The summed E-state index contributed by atoms with van der Waals surface area (Å²) in [4.78, 5) is 0.572. The lowest BCUT2D eigenvalue weighted by Gasteiger charge is -2.13. The van der Waals surface area contributed by atoms with Crippen LogP contribution in [0.1, 0.15) is 41.3 Å². The molecule has 0 aromatic heterocycles. The van der Waals surface area contributed by atoms with E-state index in [0.717, 1.165) is 11.8 Å². The SMILES string of the molecule is CCC1CC1C(Br)c1cc(C)ccc1C. The molecule has 0 N–H and O–H groups in total. The summed E-state index contributed by atoms with van der Waals surface area (Å²) in [6.07, 6.45) is 2.73. The van der Waals surface area contributed by atoms with Crippen molar-refractivity contribution in [3.63, 3.8) is 0 Å². The lowest BCUT2D eigenvalue weighted by atomic mass is 9.99. The highest BCUT2D eigenvalue weighted by Gasteiger charge is 2.41. The number of hydrogen-bond donors (Lipinski definition) is 0. The van der Waals surface area contributed by atoms with E-state index in [-0.39, 0.29) is 0 Å². The minimum absolute atomic E-state index is 0.572. The van der Waals surface area contributed by atoms with Crippen molar-refractivity contribution in [3.05, 3.63) is 34.9 Å². The van der Waals surface area contributed by atoms with Gasteiger partial charge >= 0.3 is 0 Å². The van der Waals surface area contributed by atoms with Gasteiger partial charge < -0.3 is 0 Å². The molecule has 3 unspecified atom stereocenters. The van der Waals surface area contributed by atoms with Gasteiger partial charge in [0.05, 0.1) is 0 Å². The first-order valence-electron chi connectivity index (χ1n) is 5.84. The minimum Gasteiger partial charge on any atom is -0.0836 e. The molecule has 0 saturated heterocycles. The largest absolute Gasteiger partial charge is 0.0836 e. The number of alkyl halides is 1. The van der Waals surface area contributed by atoms with Crippen molar-refractivity contribution >= 4 is 15.9 Å². The second-order valence-electron chi connectivity index (χ2n) is 4.83. The number of halogens is 1. The third-order valence-electron chi connectivity index (χ3n) is 3.61. The van der Waals surface area contributed by atoms with Gasteiger partial charge in [-0.1, -0.05) is 53.0 Å².